The largest absolute Gasteiger partial charge is 0.457 e. The minimum Gasteiger partial charge on any atom is -0.457 e. The fraction of sp³-hybridized carbons (Fsp3) is 0. The van der Waals surface area contributed by atoms with Gasteiger partial charge in [0.15, 0.2) is 0 Å². The number of carbonyl (C=O) groups excluding carboxylic acids is 1. The molecular weight excluding hydrogens is 278 g/mol. The molecule has 0 bridgehead atoms. The Morgan fingerprint density at radius 1 is 1.30 bits per heavy atom. The Kier molecular flexibility index (Phi) is 4.20. The van der Waals surface area contributed by atoms with Gasteiger partial charge in [0.2, 0.25) is 0 Å². The fourth-order valence-electron chi connectivity index (χ4n) is 1.57. The smallest absolute Gasteiger partial charge is 0.275 e. The van der Waals surface area contributed by atoms with Crippen molar-refractivity contribution in [1.82, 2.24) is 5.43 Å². The molecule has 1 aromatic carbocycles. The number of hydrogen-bond acceptors (Lipinski definition) is 4. The van der Waals surface area contributed by atoms with Crippen molar-refractivity contribution in [2.75, 3.05) is 0 Å². The summed E-state index contributed by atoms with van der Waals surface area (Å²) in [7, 11) is 0. The van der Waals surface area contributed by atoms with Crippen molar-refractivity contribution in [2.24, 2.45) is 5.84 Å². The Balaban J connectivity index is 2.29. The maximum Gasteiger partial charge on any atom is 0.275 e. The van der Waals surface area contributed by atoms with E-state index in [1.54, 1.807) is 30.3 Å². The summed E-state index contributed by atoms with van der Waals surface area (Å²) < 4.78 is 5.55. The van der Waals surface area contributed by atoms with Crippen LogP contribution in [0.5, 0.6) is 0 Å². The molecule has 20 heavy (non-hydrogen) atoms. The lowest BCUT2D eigenvalue weighted by Crippen LogP contribution is -2.30. The zero-order valence-corrected chi connectivity index (χ0v) is 11.0. The summed E-state index contributed by atoms with van der Waals surface area (Å²) in [6, 6.07) is 12.3. The summed E-state index contributed by atoms with van der Waals surface area (Å²) in [6.45, 7) is 0. The van der Waals surface area contributed by atoms with Gasteiger partial charge in [-0.2, -0.15) is 5.26 Å². The summed E-state index contributed by atoms with van der Waals surface area (Å²) in [5.74, 6) is 5.30. The topological polar surface area (TPSA) is 92.0 Å². The number of carbonyl (C=O) groups is 1. The second kappa shape index (κ2) is 6.06. The van der Waals surface area contributed by atoms with E-state index in [1.807, 2.05) is 17.6 Å². The van der Waals surface area contributed by atoms with E-state index in [0.717, 1.165) is 5.56 Å². The van der Waals surface area contributed by atoms with E-state index in [1.165, 1.54) is 6.08 Å². The highest BCUT2D eigenvalue weighted by molar-refractivity contribution is 6.30. The van der Waals surface area contributed by atoms with Crippen LogP contribution in [-0.2, 0) is 4.79 Å². The van der Waals surface area contributed by atoms with Gasteiger partial charge in [-0.1, -0.05) is 11.6 Å². The lowest BCUT2D eigenvalue weighted by molar-refractivity contribution is -0.117. The zero-order valence-electron chi connectivity index (χ0n) is 10.3. The maximum absolute atomic E-state index is 11.3. The summed E-state index contributed by atoms with van der Waals surface area (Å²) >= 11 is 5.81. The predicted octanol–water partition coefficient (Wildman–Crippen LogP) is 2.50. The van der Waals surface area contributed by atoms with E-state index in [9.17, 15) is 4.79 Å². The molecule has 0 fully saturated rings. The van der Waals surface area contributed by atoms with Crippen LogP contribution in [0.3, 0.4) is 0 Å². The second-order valence-corrected chi connectivity index (χ2v) is 4.29. The summed E-state index contributed by atoms with van der Waals surface area (Å²) in [5.41, 5.74) is 2.60. The molecule has 1 aromatic heterocycles. The monoisotopic (exact) mass is 287 g/mol. The van der Waals surface area contributed by atoms with Crippen LogP contribution >= 0.6 is 11.6 Å². The average molecular weight is 288 g/mol. The third-order valence-electron chi connectivity index (χ3n) is 2.54. The Labute approximate surface area is 120 Å². The van der Waals surface area contributed by atoms with Crippen molar-refractivity contribution in [2.45, 2.75) is 0 Å². The van der Waals surface area contributed by atoms with Crippen molar-refractivity contribution in [3.63, 3.8) is 0 Å². The molecule has 0 aliphatic carbocycles. The molecule has 2 rings (SSSR count). The molecule has 1 heterocycles. The van der Waals surface area contributed by atoms with Gasteiger partial charge in [-0.15, -0.1) is 0 Å². The Hall–Kier alpha value is -2.55. The average Bonchev–Trinajstić information content (AvgIpc) is 2.93. The van der Waals surface area contributed by atoms with Gasteiger partial charge in [0, 0.05) is 16.7 Å². The molecule has 0 saturated heterocycles. The number of amides is 1. The molecule has 0 saturated carbocycles. The summed E-state index contributed by atoms with van der Waals surface area (Å²) in [6.07, 6.45) is 1.32. The first-order valence-electron chi connectivity index (χ1n) is 5.62. The molecule has 0 spiro atoms. The first-order valence-corrected chi connectivity index (χ1v) is 6.00. The zero-order chi connectivity index (χ0) is 14.5. The predicted molar refractivity (Wildman–Crippen MR) is 75.1 cm³/mol. The van der Waals surface area contributed by atoms with E-state index in [4.69, 9.17) is 27.1 Å². The van der Waals surface area contributed by atoms with Gasteiger partial charge in [0.1, 0.15) is 23.2 Å². The number of furan rings is 1. The van der Waals surface area contributed by atoms with Crippen LogP contribution in [0.15, 0.2) is 46.4 Å². The molecule has 0 aliphatic heterocycles. The molecule has 5 nitrogen and oxygen atoms in total. The second-order valence-electron chi connectivity index (χ2n) is 3.85. The van der Waals surface area contributed by atoms with Crippen LogP contribution in [0.25, 0.3) is 17.4 Å². The van der Waals surface area contributed by atoms with Gasteiger partial charge < -0.3 is 4.42 Å². The SMILES string of the molecule is N#C/C(=C/c1ccc(-c2ccc(Cl)cc2)o1)C(=O)NN. The van der Waals surface area contributed by atoms with E-state index in [0.29, 0.717) is 16.5 Å². The van der Waals surface area contributed by atoms with E-state index < -0.39 is 5.91 Å². The molecule has 2 aromatic rings. The quantitative estimate of drug-likeness (QED) is 0.298. The normalized spacial score (nSPS) is 10.9. The molecule has 0 atom stereocenters. The van der Waals surface area contributed by atoms with Gasteiger partial charge in [-0.05, 0) is 36.4 Å². The summed E-state index contributed by atoms with van der Waals surface area (Å²) in [5, 5.41) is 9.48. The van der Waals surface area contributed by atoms with Gasteiger partial charge in [-0.25, -0.2) is 5.84 Å². The molecule has 1 amide bonds. The first-order chi connectivity index (χ1) is 9.63. The Morgan fingerprint density at radius 2 is 2.00 bits per heavy atom. The van der Waals surface area contributed by atoms with Crippen LogP contribution in [0.2, 0.25) is 5.02 Å². The third kappa shape index (κ3) is 3.06. The highest BCUT2D eigenvalue weighted by Gasteiger charge is 2.09. The van der Waals surface area contributed by atoms with Gasteiger partial charge in [0.25, 0.3) is 5.91 Å². The molecule has 0 aliphatic rings. The van der Waals surface area contributed by atoms with Crippen molar-refractivity contribution < 1.29 is 9.21 Å². The number of nitrogens with one attached hydrogen (secondary N) is 1. The molecule has 100 valence electrons. The Bertz CT molecular complexity index is 696. The highest BCUT2D eigenvalue weighted by atomic mass is 35.5. The lowest BCUT2D eigenvalue weighted by Gasteiger charge is -1.97. The van der Waals surface area contributed by atoms with E-state index in [2.05, 4.69) is 0 Å². The van der Waals surface area contributed by atoms with Crippen LogP contribution in [-0.4, -0.2) is 5.91 Å². The fourth-order valence-corrected chi connectivity index (χ4v) is 1.69. The third-order valence-corrected chi connectivity index (χ3v) is 2.79. The number of nitrogens with zero attached hydrogens (tertiary/aromatic N) is 1. The number of nitriles is 1. The van der Waals surface area contributed by atoms with Gasteiger partial charge in [0.05, 0.1) is 0 Å². The summed E-state index contributed by atoms with van der Waals surface area (Å²) in [4.78, 5) is 11.3. The van der Waals surface area contributed by atoms with Crippen LogP contribution in [0.1, 0.15) is 5.76 Å². The molecule has 0 radical (unpaired) electrons. The minimum absolute atomic E-state index is 0.135. The molecule has 3 N–H and O–H groups in total. The van der Waals surface area contributed by atoms with Gasteiger partial charge >= 0.3 is 0 Å². The van der Waals surface area contributed by atoms with Crippen LogP contribution in [0.4, 0.5) is 0 Å². The van der Waals surface area contributed by atoms with Crippen molar-refractivity contribution in [3.8, 4) is 17.4 Å². The van der Waals surface area contributed by atoms with Crippen molar-refractivity contribution >= 4 is 23.6 Å². The number of rotatable bonds is 3. The standard InChI is InChI=1S/C14H10ClN3O2/c15-11-3-1-9(2-4-11)13-6-5-12(20-13)7-10(8-16)14(19)18-17/h1-7H,17H2,(H,18,19)/b10-7-. The number of benzene rings is 1. The van der Waals surface area contributed by atoms with Gasteiger partial charge in [-0.3, -0.25) is 10.2 Å². The highest BCUT2D eigenvalue weighted by Crippen LogP contribution is 2.24. The Morgan fingerprint density at radius 3 is 2.60 bits per heavy atom. The molecule has 0 unspecified atom stereocenters. The van der Waals surface area contributed by atoms with E-state index in [-0.39, 0.29) is 5.57 Å². The van der Waals surface area contributed by atoms with Crippen molar-refractivity contribution in [1.29, 1.82) is 5.26 Å². The number of halogens is 1. The molecular formula is C14H10ClN3O2. The van der Waals surface area contributed by atoms with Crippen LogP contribution in [0, 0.1) is 11.3 Å². The van der Waals surface area contributed by atoms with Crippen molar-refractivity contribution in [3.05, 3.63) is 52.8 Å². The number of hydrogen-bond donors (Lipinski definition) is 2. The number of nitrogens with two attached hydrogens (primary N) is 1. The first kappa shape index (κ1) is 13.9. The van der Waals surface area contributed by atoms with Crippen LogP contribution < -0.4 is 11.3 Å². The minimum atomic E-state index is -0.669. The van der Waals surface area contributed by atoms with E-state index >= 15 is 0 Å². The number of hydrazine groups is 1. The lowest BCUT2D eigenvalue weighted by atomic mass is 10.2. The maximum atomic E-state index is 11.3. The molecule has 6 heteroatoms.